The highest BCUT2D eigenvalue weighted by Gasteiger charge is 2.44. The molecule has 3 N–H and O–H groups in total. The van der Waals surface area contributed by atoms with Crippen LogP contribution < -0.4 is 15.4 Å². The third kappa shape index (κ3) is 8.72. The summed E-state index contributed by atoms with van der Waals surface area (Å²) in [6.45, 7) is 5.16. The number of nitrogens with one attached hydrogen (secondary N) is 2. The molecule has 0 saturated carbocycles. The number of halogens is 1. The molecule has 1 saturated heterocycles. The summed E-state index contributed by atoms with van der Waals surface area (Å²) in [6.07, 6.45) is 4.16. The van der Waals surface area contributed by atoms with Crippen molar-refractivity contribution < 1.29 is 29.0 Å². The second-order valence-corrected chi connectivity index (χ2v) is 12.5. The molecule has 0 aromatic heterocycles. The van der Waals surface area contributed by atoms with Gasteiger partial charge in [-0.05, 0) is 80.3 Å². The summed E-state index contributed by atoms with van der Waals surface area (Å²) in [6, 6.07) is 12.7. The Morgan fingerprint density at radius 1 is 1.09 bits per heavy atom. The molecule has 2 aromatic carbocycles. The predicted molar refractivity (Wildman–Crippen MR) is 167 cm³/mol. The summed E-state index contributed by atoms with van der Waals surface area (Å²) >= 11 is 6.27. The van der Waals surface area contributed by atoms with Crippen molar-refractivity contribution in [2.45, 2.75) is 64.5 Å². The van der Waals surface area contributed by atoms with Gasteiger partial charge in [0.2, 0.25) is 17.7 Å². The minimum absolute atomic E-state index is 0.0522. The van der Waals surface area contributed by atoms with Gasteiger partial charge < -0.3 is 25.4 Å². The van der Waals surface area contributed by atoms with Crippen LogP contribution in [0.4, 0.5) is 0 Å². The number of aryl methyl sites for hydroxylation is 1. The standard InChI is InChI=1S/C33H43ClN4O6/c1-23(2)13-17-38-20-29(39)36-33(14-7-9-24-8-3-4-10-27(24)33)32(43)35-15-5-6-16-37(21-30(38)40)19-25-18-26(34)11-12-28(25)44-22-31(41)42/h3-4,8,10-12,18,23H,5-7,9,13-17,19-22H2,1-2H3,(H,35,43)(H,36,39)(H,41,42). The normalized spacial score (nSPS) is 20.5. The summed E-state index contributed by atoms with van der Waals surface area (Å²) in [5.74, 6) is -1.21. The number of ether oxygens (including phenoxy) is 1. The largest absolute Gasteiger partial charge is 0.482 e. The number of rotatable bonds is 8. The number of carboxylic acid groups (broad SMARTS) is 1. The first kappa shape index (κ1) is 33.3. The molecule has 11 heteroatoms. The number of carboxylic acids is 1. The fourth-order valence-electron chi connectivity index (χ4n) is 5.92. The molecule has 1 heterocycles. The van der Waals surface area contributed by atoms with Gasteiger partial charge in [-0.25, -0.2) is 4.79 Å². The van der Waals surface area contributed by atoms with Crippen LogP contribution in [0.5, 0.6) is 5.75 Å². The number of hydrogen-bond donors (Lipinski definition) is 3. The molecule has 238 valence electrons. The van der Waals surface area contributed by atoms with Crippen molar-refractivity contribution in [3.63, 3.8) is 0 Å². The summed E-state index contributed by atoms with van der Waals surface area (Å²) in [4.78, 5) is 56.0. The second-order valence-electron chi connectivity index (χ2n) is 12.1. The Balaban J connectivity index is 1.60. The van der Waals surface area contributed by atoms with Crippen molar-refractivity contribution in [2.75, 3.05) is 39.3 Å². The van der Waals surface area contributed by atoms with Crippen LogP contribution in [-0.2, 0) is 37.7 Å². The van der Waals surface area contributed by atoms with Crippen LogP contribution >= 0.6 is 11.6 Å². The molecule has 1 aliphatic heterocycles. The lowest BCUT2D eigenvalue weighted by Gasteiger charge is -2.39. The van der Waals surface area contributed by atoms with E-state index in [4.69, 9.17) is 21.4 Å². The topological polar surface area (TPSA) is 128 Å². The number of aliphatic carboxylic acids is 1. The van der Waals surface area contributed by atoms with Crippen LogP contribution in [0.1, 0.15) is 62.6 Å². The maximum Gasteiger partial charge on any atom is 0.341 e. The van der Waals surface area contributed by atoms with E-state index in [0.717, 1.165) is 30.4 Å². The quantitative estimate of drug-likeness (QED) is 0.407. The van der Waals surface area contributed by atoms with Gasteiger partial charge in [-0.2, -0.15) is 0 Å². The van der Waals surface area contributed by atoms with E-state index in [1.165, 1.54) is 0 Å². The fourth-order valence-corrected chi connectivity index (χ4v) is 6.12. The van der Waals surface area contributed by atoms with Gasteiger partial charge in [-0.3, -0.25) is 19.3 Å². The zero-order valence-corrected chi connectivity index (χ0v) is 26.3. The Kier molecular flexibility index (Phi) is 11.6. The van der Waals surface area contributed by atoms with E-state index in [0.29, 0.717) is 61.2 Å². The minimum Gasteiger partial charge on any atom is -0.482 e. The van der Waals surface area contributed by atoms with E-state index in [9.17, 15) is 19.2 Å². The fraction of sp³-hybridized carbons (Fsp3) is 0.515. The Hall–Kier alpha value is -3.63. The minimum atomic E-state index is -1.19. The van der Waals surface area contributed by atoms with Gasteiger partial charge in [-0.15, -0.1) is 0 Å². The highest BCUT2D eigenvalue weighted by molar-refractivity contribution is 6.30. The zero-order valence-electron chi connectivity index (χ0n) is 25.6. The molecule has 2 aromatic rings. The van der Waals surface area contributed by atoms with E-state index in [1.54, 1.807) is 23.1 Å². The van der Waals surface area contributed by atoms with Crippen molar-refractivity contribution in [3.05, 3.63) is 64.2 Å². The number of carbonyl (C=O) groups excluding carboxylic acids is 3. The van der Waals surface area contributed by atoms with Crippen molar-refractivity contribution in [1.82, 2.24) is 20.4 Å². The molecule has 1 aliphatic carbocycles. The van der Waals surface area contributed by atoms with E-state index < -0.39 is 18.1 Å². The van der Waals surface area contributed by atoms with E-state index in [1.807, 2.05) is 29.2 Å². The Bertz CT molecular complexity index is 1350. The molecule has 1 atom stereocenters. The van der Waals surface area contributed by atoms with Gasteiger partial charge in [0.25, 0.3) is 0 Å². The Labute approximate surface area is 264 Å². The van der Waals surface area contributed by atoms with E-state index in [2.05, 4.69) is 24.5 Å². The van der Waals surface area contributed by atoms with Crippen LogP contribution in [0.3, 0.4) is 0 Å². The van der Waals surface area contributed by atoms with Gasteiger partial charge in [-0.1, -0.05) is 49.7 Å². The smallest absolute Gasteiger partial charge is 0.341 e. The highest BCUT2D eigenvalue weighted by atomic mass is 35.5. The maximum atomic E-state index is 13.8. The molecule has 3 amide bonds. The van der Waals surface area contributed by atoms with Crippen LogP contribution in [0.25, 0.3) is 0 Å². The number of amides is 3. The Morgan fingerprint density at radius 3 is 2.66 bits per heavy atom. The Morgan fingerprint density at radius 2 is 1.89 bits per heavy atom. The summed E-state index contributed by atoms with van der Waals surface area (Å²) in [5.41, 5.74) is 1.34. The van der Waals surface area contributed by atoms with Crippen molar-refractivity contribution in [3.8, 4) is 5.75 Å². The van der Waals surface area contributed by atoms with Crippen molar-refractivity contribution >= 4 is 35.3 Å². The van der Waals surface area contributed by atoms with Crippen LogP contribution in [0.2, 0.25) is 5.02 Å². The lowest BCUT2D eigenvalue weighted by molar-refractivity contribution is -0.140. The summed E-state index contributed by atoms with van der Waals surface area (Å²) < 4.78 is 5.50. The summed E-state index contributed by atoms with van der Waals surface area (Å²) in [7, 11) is 0. The maximum absolute atomic E-state index is 13.8. The van der Waals surface area contributed by atoms with Gasteiger partial charge in [0.15, 0.2) is 6.61 Å². The van der Waals surface area contributed by atoms with Crippen molar-refractivity contribution in [2.24, 2.45) is 5.92 Å². The number of benzene rings is 2. The third-order valence-corrected chi connectivity index (χ3v) is 8.43. The monoisotopic (exact) mass is 626 g/mol. The first-order valence-corrected chi connectivity index (χ1v) is 15.8. The SMILES string of the molecule is CC(C)CCN1CC(=O)NC2(CCCc3ccccc32)C(=O)NCCCCN(Cc2cc(Cl)ccc2OCC(=O)O)CC1=O. The first-order chi connectivity index (χ1) is 21.1. The molecule has 10 nitrogen and oxygen atoms in total. The van der Waals surface area contributed by atoms with Crippen LogP contribution in [-0.4, -0.2) is 77.9 Å². The molecule has 2 aliphatic rings. The van der Waals surface area contributed by atoms with Gasteiger partial charge in [0, 0.05) is 30.2 Å². The van der Waals surface area contributed by atoms with E-state index >= 15 is 0 Å². The third-order valence-electron chi connectivity index (χ3n) is 8.19. The van der Waals surface area contributed by atoms with Gasteiger partial charge in [0.05, 0.1) is 13.1 Å². The predicted octanol–water partition coefficient (Wildman–Crippen LogP) is 3.74. The first-order valence-electron chi connectivity index (χ1n) is 15.4. The second kappa shape index (κ2) is 15.4. The van der Waals surface area contributed by atoms with E-state index in [-0.39, 0.29) is 37.4 Å². The lowest BCUT2D eigenvalue weighted by atomic mass is 9.75. The van der Waals surface area contributed by atoms with Crippen LogP contribution in [0, 0.1) is 5.92 Å². The zero-order chi connectivity index (χ0) is 31.7. The molecule has 0 radical (unpaired) electrons. The number of nitrogens with zero attached hydrogens (tertiary/aromatic N) is 2. The number of hydrogen-bond acceptors (Lipinski definition) is 6. The summed E-state index contributed by atoms with van der Waals surface area (Å²) in [5, 5.41) is 15.7. The number of carbonyl (C=O) groups is 4. The van der Waals surface area contributed by atoms with Crippen molar-refractivity contribution in [1.29, 1.82) is 0 Å². The average molecular weight is 627 g/mol. The molecule has 1 spiro atoms. The molecule has 0 bridgehead atoms. The molecule has 4 rings (SSSR count). The molecule has 1 fully saturated rings. The van der Waals surface area contributed by atoms with Gasteiger partial charge >= 0.3 is 5.97 Å². The molecular formula is C33H43ClN4O6. The lowest BCUT2D eigenvalue weighted by Crippen LogP contribution is -2.60. The molecule has 1 unspecified atom stereocenters. The average Bonchev–Trinajstić information content (AvgIpc) is 2.98. The molecular weight excluding hydrogens is 584 g/mol. The number of fused-ring (bicyclic) bond motifs is 2. The highest BCUT2D eigenvalue weighted by Crippen LogP contribution is 2.36. The van der Waals surface area contributed by atoms with Crippen LogP contribution in [0.15, 0.2) is 42.5 Å². The van der Waals surface area contributed by atoms with Gasteiger partial charge in [0.1, 0.15) is 11.3 Å². The molecule has 44 heavy (non-hydrogen) atoms.